The van der Waals surface area contributed by atoms with Gasteiger partial charge in [0.05, 0.1) is 5.76 Å². The Hall–Kier alpha value is -0.720. The maximum Gasteiger partial charge on any atom is 0.0891 e. The Kier molecular flexibility index (Phi) is 11.9. The van der Waals surface area contributed by atoms with E-state index in [0.29, 0.717) is 11.7 Å². The highest BCUT2D eigenvalue weighted by atomic mass is 16.3. The van der Waals surface area contributed by atoms with Gasteiger partial charge in [-0.15, -0.1) is 0 Å². The molecule has 0 aliphatic rings. The standard InChI is InChI=1S/C13H24O.C2H6/c1-10(2)6-7-11(3)12(4)8-9-13(5)14;1-2/h8-11,14H,6-7H2,1-5H3;1-2H3/b12-8+,13-9+;. The van der Waals surface area contributed by atoms with Crippen molar-refractivity contribution in [3.8, 4) is 0 Å². The van der Waals surface area contributed by atoms with E-state index in [4.69, 9.17) is 5.11 Å². The van der Waals surface area contributed by atoms with Crippen LogP contribution in [0.3, 0.4) is 0 Å². The molecule has 0 aromatic carbocycles. The number of rotatable bonds is 5. The SMILES string of the molecule is C/C(O)=C\C=C(/C)C(C)CCC(C)C.CC. The van der Waals surface area contributed by atoms with Crippen LogP contribution >= 0.6 is 0 Å². The van der Waals surface area contributed by atoms with E-state index in [1.807, 2.05) is 19.9 Å². The normalized spacial score (nSPS) is 14.5. The highest BCUT2D eigenvalue weighted by Crippen LogP contribution is 2.19. The predicted octanol–water partition coefficient (Wildman–Crippen LogP) is 5.49. The highest BCUT2D eigenvalue weighted by molar-refractivity contribution is 5.13. The van der Waals surface area contributed by atoms with E-state index in [-0.39, 0.29) is 0 Å². The molecule has 1 nitrogen and oxygen atoms in total. The van der Waals surface area contributed by atoms with Gasteiger partial charge < -0.3 is 5.11 Å². The van der Waals surface area contributed by atoms with E-state index < -0.39 is 0 Å². The number of hydrogen-bond donors (Lipinski definition) is 1. The van der Waals surface area contributed by atoms with Crippen LogP contribution in [0.25, 0.3) is 0 Å². The number of aliphatic hydroxyl groups excluding tert-OH is 1. The smallest absolute Gasteiger partial charge is 0.0891 e. The van der Waals surface area contributed by atoms with Crippen molar-refractivity contribution in [2.24, 2.45) is 11.8 Å². The number of allylic oxidation sites excluding steroid dienone is 4. The zero-order valence-corrected chi connectivity index (χ0v) is 12.2. The van der Waals surface area contributed by atoms with Crippen LogP contribution < -0.4 is 0 Å². The van der Waals surface area contributed by atoms with Gasteiger partial charge in [0.1, 0.15) is 0 Å². The van der Waals surface area contributed by atoms with Crippen LogP contribution in [-0.4, -0.2) is 5.11 Å². The Morgan fingerprint density at radius 2 is 1.50 bits per heavy atom. The van der Waals surface area contributed by atoms with Gasteiger partial charge in [0, 0.05) is 0 Å². The van der Waals surface area contributed by atoms with Crippen molar-refractivity contribution in [1.29, 1.82) is 0 Å². The average molecular weight is 226 g/mol. The first kappa shape index (κ1) is 17.7. The van der Waals surface area contributed by atoms with Crippen LogP contribution in [-0.2, 0) is 0 Å². The van der Waals surface area contributed by atoms with E-state index in [9.17, 15) is 0 Å². The predicted molar refractivity (Wildman–Crippen MR) is 74.7 cm³/mol. The van der Waals surface area contributed by atoms with Gasteiger partial charge in [-0.1, -0.05) is 52.7 Å². The fourth-order valence-electron chi connectivity index (χ4n) is 1.23. The lowest BCUT2D eigenvalue weighted by Crippen LogP contribution is -1.99. The zero-order valence-electron chi connectivity index (χ0n) is 12.2. The number of aliphatic hydroxyl groups is 1. The van der Waals surface area contributed by atoms with Gasteiger partial charge in [0.2, 0.25) is 0 Å². The second kappa shape index (κ2) is 10.8. The summed E-state index contributed by atoms with van der Waals surface area (Å²) in [6, 6.07) is 0. The fraction of sp³-hybridized carbons (Fsp3) is 0.733. The van der Waals surface area contributed by atoms with Crippen molar-refractivity contribution in [3.63, 3.8) is 0 Å². The molecule has 0 rings (SSSR count). The lowest BCUT2D eigenvalue weighted by molar-refractivity contribution is 0.414. The molecule has 0 amide bonds. The quantitative estimate of drug-likeness (QED) is 0.485. The van der Waals surface area contributed by atoms with Crippen molar-refractivity contribution in [1.82, 2.24) is 0 Å². The molecule has 0 heterocycles. The summed E-state index contributed by atoms with van der Waals surface area (Å²) in [7, 11) is 0. The van der Waals surface area contributed by atoms with Gasteiger partial charge >= 0.3 is 0 Å². The van der Waals surface area contributed by atoms with Gasteiger partial charge in [0.15, 0.2) is 0 Å². The summed E-state index contributed by atoms with van der Waals surface area (Å²) in [6.45, 7) is 14.6. The van der Waals surface area contributed by atoms with Gasteiger partial charge in [-0.3, -0.25) is 0 Å². The van der Waals surface area contributed by atoms with Crippen LogP contribution in [0.5, 0.6) is 0 Å². The topological polar surface area (TPSA) is 20.2 Å². The Morgan fingerprint density at radius 3 is 1.88 bits per heavy atom. The van der Waals surface area contributed by atoms with E-state index in [1.165, 1.54) is 18.4 Å². The second-order valence-corrected chi connectivity index (χ2v) is 4.59. The molecule has 1 atom stereocenters. The van der Waals surface area contributed by atoms with E-state index in [2.05, 4.69) is 27.7 Å². The molecular formula is C15H30O. The molecule has 0 aliphatic heterocycles. The lowest BCUT2D eigenvalue weighted by Gasteiger charge is -2.13. The summed E-state index contributed by atoms with van der Waals surface area (Å²) in [6.07, 6.45) is 6.29. The molecule has 0 aliphatic carbocycles. The molecule has 0 radical (unpaired) electrons. The molecule has 0 aromatic heterocycles. The van der Waals surface area contributed by atoms with E-state index in [0.717, 1.165) is 5.92 Å². The first-order valence-electron chi connectivity index (χ1n) is 6.47. The van der Waals surface area contributed by atoms with Crippen molar-refractivity contribution in [3.05, 3.63) is 23.5 Å². The van der Waals surface area contributed by atoms with Gasteiger partial charge in [0.25, 0.3) is 0 Å². The van der Waals surface area contributed by atoms with E-state index in [1.54, 1.807) is 13.0 Å². The minimum absolute atomic E-state index is 0.375. The Morgan fingerprint density at radius 1 is 1.00 bits per heavy atom. The molecule has 16 heavy (non-hydrogen) atoms. The Bertz CT molecular complexity index is 207. The summed E-state index contributed by atoms with van der Waals surface area (Å²) in [5.41, 5.74) is 1.35. The van der Waals surface area contributed by atoms with Crippen molar-refractivity contribution in [2.75, 3.05) is 0 Å². The van der Waals surface area contributed by atoms with Crippen LogP contribution in [0.1, 0.15) is 61.3 Å². The second-order valence-electron chi connectivity index (χ2n) is 4.59. The minimum atomic E-state index is 0.375. The molecule has 96 valence electrons. The van der Waals surface area contributed by atoms with E-state index >= 15 is 0 Å². The van der Waals surface area contributed by atoms with Crippen molar-refractivity contribution in [2.45, 2.75) is 61.3 Å². The van der Waals surface area contributed by atoms with Crippen LogP contribution in [0, 0.1) is 11.8 Å². The maximum atomic E-state index is 9.02. The third-order valence-electron chi connectivity index (χ3n) is 2.54. The summed E-state index contributed by atoms with van der Waals surface area (Å²) in [5.74, 6) is 1.77. The van der Waals surface area contributed by atoms with Crippen LogP contribution in [0.15, 0.2) is 23.5 Å². The van der Waals surface area contributed by atoms with Gasteiger partial charge in [-0.25, -0.2) is 0 Å². The molecule has 1 unspecified atom stereocenters. The summed E-state index contributed by atoms with van der Waals surface area (Å²) in [5, 5.41) is 9.02. The average Bonchev–Trinajstić information content (AvgIpc) is 2.25. The fourth-order valence-corrected chi connectivity index (χ4v) is 1.23. The molecule has 0 spiro atoms. The van der Waals surface area contributed by atoms with Gasteiger partial charge in [-0.2, -0.15) is 0 Å². The highest BCUT2D eigenvalue weighted by Gasteiger charge is 2.04. The molecule has 0 fully saturated rings. The largest absolute Gasteiger partial charge is 0.513 e. The van der Waals surface area contributed by atoms with Gasteiger partial charge in [-0.05, 0) is 38.2 Å². The zero-order chi connectivity index (χ0) is 13.1. The number of hydrogen-bond acceptors (Lipinski definition) is 1. The summed E-state index contributed by atoms with van der Waals surface area (Å²) >= 11 is 0. The first-order chi connectivity index (χ1) is 7.43. The molecular weight excluding hydrogens is 196 g/mol. The molecule has 0 saturated carbocycles. The van der Waals surface area contributed by atoms with Crippen LogP contribution in [0.2, 0.25) is 0 Å². The third-order valence-corrected chi connectivity index (χ3v) is 2.54. The Balaban J connectivity index is 0. The molecule has 0 saturated heterocycles. The molecule has 1 N–H and O–H groups in total. The monoisotopic (exact) mass is 226 g/mol. The maximum absolute atomic E-state index is 9.02. The van der Waals surface area contributed by atoms with Crippen LogP contribution in [0.4, 0.5) is 0 Å². The molecule has 0 aromatic rings. The van der Waals surface area contributed by atoms with Crippen molar-refractivity contribution >= 4 is 0 Å². The Labute approximate surface area is 102 Å². The van der Waals surface area contributed by atoms with Crippen molar-refractivity contribution < 1.29 is 5.11 Å². The first-order valence-corrected chi connectivity index (χ1v) is 6.47. The molecule has 0 bridgehead atoms. The summed E-state index contributed by atoms with van der Waals surface area (Å²) in [4.78, 5) is 0. The summed E-state index contributed by atoms with van der Waals surface area (Å²) < 4.78 is 0. The lowest BCUT2D eigenvalue weighted by atomic mass is 9.93. The third kappa shape index (κ3) is 11.4. The molecule has 1 heteroatoms. The minimum Gasteiger partial charge on any atom is -0.513 e.